The maximum absolute atomic E-state index is 12.3. The highest BCUT2D eigenvalue weighted by Crippen LogP contribution is 2.03. The van der Waals surface area contributed by atoms with E-state index in [1.165, 1.54) is 18.0 Å². The molecule has 0 atom stereocenters. The zero-order chi connectivity index (χ0) is 14.9. The lowest BCUT2D eigenvalue weighted by atomic mass is 10.3. The Kier molecular flexibility index (Phi) is 3.73. The van der Waals surface area contributed by atoms with Gasteiger partial charge in [0.15, 0.2) is 11.2 Å². The number of hydrogen-bond donors (Lipinski definition) is 0. The summed E-state index contributed by atoms with van der Waals surface area (Å²) in [4.78, 5) is 39.5. The quantitative estimate of drug-likeness (QED) is 0.697. The van der Waals surface area contributed by atoms with E-state index in [4.69, 9.17) is 0 Å². The molecule has 0 saturated heterocycles. The molecule has 0 aliphatic heterocycles. The van der Waals surface area contributed by atoms with E-state index in [0.717, 1.165) is 4.57 Å². The summed E-state index contributed by atoms with van der Waals surface area (Å²) in [7, 11) is 4.56. The largest absolute Gasteiger partial charge is 0.469 e. The van der Waals surface area contributed by atoms with Crippen LogP contribution in [0.5, 0.6) is 0 Å². The Morgan fingerprint density at radius 3 is 2.70 bits per heavy atom. The molecule has 2 aromatic rings. The second-order valence-electron chi connectivity index (χ2n) is 4.51. The molecule has 108 valence electrons. The SMILES string of the molecule is COC(=O)CCCn1c(=O)c2c(ncn2C)n(C)c1=O. The Morgan fingerprint density at radius 1 is 1.35 bits per heavy atom. The molecule has 0 fully saturated rings. The molecule has 2 aromatic heterocycles. The second kappa shape index (κ2) is 5.32. The molecule has 20 heavy (non-hydrogen) atoms. The number of carbonyl (C=O) groups excluding carboxylic acids is 1. The van der Waals surface area contributed by atoms with Crippen molar-refractivity contribution < 1.29 is 9.53 Å². The summed E-state index contributed by atoms with van der Waals surface area (Å²) in [5.74, 6) is -0.364. The number of aryl methyl sites for hydroxylation is 2. The van der Waals surface area contributed by atoms with Crippen molar-refractivity contribution in [2.45, 2.75) is 19.4 Å². The number of aromatic nitrogens is 4. The van der Waals surface area contributed by atoms with E-state index in [9.17, 15) is 14.4 Å². The number of carbonyl (C=O) groups is 1. The molecule has 8 nitrogen and oxygen atoms in total. The lowest BCUT2D eigenvalue weighted by Gasteiger charge is -2.08. The molecule has 0 amide bonds. The number of ether oxygens (including phenoxy) is 1. The minimum Gasteiger partial charge on any atom is -0.469 e. The lowest BCUT2D eigenvalue weighted by molar-refractivity contribution is -0.140. The van der Waals surface area contributed by atoms with Gasteiger partial charge in [-0.25, -0.2) is 9.78 Å². The first-order valence-corrected chi connectivity index (χ1v) is 6.15. The lowest BCUT2D eigenvalue weighted by Crippen LogP contribution is -2.39. The molecule has 0 unspecified atom stereocenters. The number of methoxy groups -OCH3 is 1. The number of nitrogens with zero attached hydrogens (tertiary/aromatic N) is 4. The first kappa shape index (κ1) is 14.0. The molecule has 0 spiro atoms. The van der Waals surface area contributed by atoms with Crippen LogP contribution < -0.4 is 11.2 Å². The van der Waals surface area contributed by atoms with E-state index in [1.807, 2.05) is 0 Å². The Morgan fingerprint density at radius 2 is 2.05 bits per heavy atom. The minimum atomic E-state index is -0.439. The topological polar surface area (TPSA) is 88.1 Å². The predicted octanol–water partition coefficient (Wildman–Crippen LogP) is -0.613. The van der Waals surface area contributed by atoms with Crippen LogP contribution in [0.25, 0.3) is 11.2 Å². The van der Waals surface area contributed by atoms with Crippen LogP contribution in [0.3, 0.4) is 0 Å². The average molecular weight is 280 g/mol. The van der Waals surface area contributed by atoms with Gasteiger partial charge >= 0.3 is 11.7 Å². The monoisotopic (exact) mass is 280 g/mol. The summed E-state index contributed by atoms with van der Waals surface area (Å²) in [5, 5.41) is 0. The van der Waals surface area contributed by atoms with Crippen LogP contribution in [0.1, 0.15) is 12.8 Å². The van der Waals surface area contributed by atoms with Crippen LogP contribution >= 0.6 is 0 Å². The normalized spacial score (nSPS) is 10.9. The van der Waals surface area contributed by atoms with E-state index >= 15 is 0 Å². The van der Waals surface area contributed by atoms with E-state index in [1.54, 1.807) is 18.7 Å². The highest BCUT2D eigenvalue weighted by molar-refractivity contribution is 5.70. The van der Waals surface area contributed by atoms with Gasteiger partial charge in [0, 0.05) is 27.1 Å². The highest BCUT2D eigenvalue weighted by atomic mass is 16.5. The van der Waals surface area contributed by atoms with Gasteiger partial charge in [0.05, 0.1) is 13.4 Å². The van der Waals surface area contributed by atoms with E-state index in [0.29, 0.717) is 17.6 Å². The van der Waals surface area contributed by atoms with Crippen molar-refractivity contribution in [1.82, 2.24) is 18.7 Å². The van der Waals surface area contributed by atoms with Crippen molar-refractivity contribution in [1.29, 1.82) is 0 Å². The average Bonchev–Trinajstić information content (AvgIpc) is 2.82. The first-order valence-electron chi connectivity index (χ1n) is 6.15. The van der Waals surface area contributed by atoms with Gasteiger partial charge in [-0.3, -0.25) is 18.7 Å². The third-order valence-corrected chi connectivity index (χ3v) is 3.19. The van der Waals surface area contributed by atoms with Gasteiger partial charge in [-0.15, -0.1) is 0 Å². The Balaban J connectivity index is 2.43. The van der Waals surface area contributed by atoms with Crippen molar-refractivity contribution in [2.75, 3.05) is 7.11 Å². The standard InChI is InChI=1S/C12H16N4O4/c1-14-7-13-10-9(14)11(18)16(12(19)15(10)2)6-4-5-8(17)20-3/h7H,4-6H2,1-3H3. The molecule has 0 bridgehead atoms. The smallest absolute Gasteiger partial charge is 0.332 e. The van der Waals surface area contributed by atoms with Crippen molar-refractivity contribution >= 4 is 17.1 Å². The van der Waals surface area contributed by atoms with Gasteiger partial charge in [0.25, 0.3) is 5.56 Å². The van der Waals surface area contributed by atoms with Crippen LogP contribution in [0, 0.1) is 0 Å². The third kappa shape index (κ3) is 2.24. The Labute approximate surface area is 114 Å². The van der Waals surface area contributed by atoms with E-state index in [2.05, 4.69) is 9.72 Å². The van der Waals surface area contributed by atoms with Crippen molar-refractivity contribution in [3.63, 3.8) is 0 Å². The summed E-state index contributed by atoms with van der Waals surface area (Å²) < 4.78 is 8.55. The number of rotatable bonds is 4. The minimum absolute atomic E-state index is 0.162. The predicted molar refractivity (Wildman–Crippen MR) is 71.5 cm³/mol. The number of imidazole rings is 1. The Bertz CT molecular complexity index is 768. The summed E-state index contributed by atoms with van der Waals surface area (Å²) in [6.07, 6.45) is 2.02. The molecule has 0 saturated carbocycles. The van der Waals surface area contributed by atoms with Gasteiger partial charge in [0.1, 0.15) is 0 Å². The van der Waals surface area contributed by atoms with Crippen LogP contribution in [0.4, 0.5) is 0 Å². The van der Waals surface area contributed by atoms with Gasteiger partial charge in [0.2, 0.25) is 0 Å². The van der Waals surface area contributed by atoms with Crippen LogP contribution in [-0.2, 0) is 30.2 Å². The molecule has 0 aliphatic rings. The molecule has 0 aliphatic carbocycles. The van der Waals surface area contributed by atoms with Crippen molar-refractivity contribution in [2.24, 2.45) is 14.1 Å². The maximum Gasteiger partial charge on any atom is 0.332 e. The van der Waals surface area contributed by atoms with E-state index in [-0.39, 0.29) is 18.9 Å². The molecule has 2 rings (SSSR count). The van der Waals surface area contributed by atoms with Gasteiger partial charge in [-0.2, -0.15) is 0 Å². The van der Waals surface area contributed by atoms with E-state index < -0.39 is 11.2 Å². The molecule has 0 N–H and O–H groups in total. The molecule has 0 aromatic carbocycles. The van der Waals surface area contributed by atoms with Crippen LogP contribution in [0.2, 0.25) is 0 Å². The fraction of sp³-hybridized carbons (Fsp3) is 0.500. The van der Waals surface area contributed by atoms with Gasteiger partial charge in [-0.1, -0.05) is 0 Å². The summed E-state index contributed by atoms with van der Waals surface area (Å²) >= 11 is 0. The van der Waals surface area contributed by atoms with Crippen LogP contribution in [0.15, 0.2) is 15.9 Å². The number of hydrogen-bond acceptors (Lipinski definition) is 5. The number of fused-ring (bicyclic) bond motifs is 1. The molecule has 0 radical (unpaired) electrons. The van der Waals surface area contributed by atoms with Crippen LogP contribution in [-0.4, -0.2) is 31.8 Å². The third-order valence-electron chi connectivity index (χ3n) is 3.19. The molecular weight excluding hydrogens is 264 g/mol. The number of esters is 1. The van der Waals surface area contributed by atoms with Crippen molar-refractivity contribution in [3.8, 4) is 0 Å². The van der Waals surface area contributed by atoms with Gasteiger partial charge in [-0.05, 0) is 6.42 Å². The van der Waals surface area contributed by atoms with Gasteiger partial charge < -0.3 is 9.30 Å². The maximum atomic E-state index is 12.3. The molecular formula is C12H16N4O4. The van der Waals surface area contributed by atoms with Crippen molar-refractivity contribution in [3.05, 3.63) is 27.2 Å². The highest BCUT2D eigenvalue weighted by Gasteiger charge is 2.14. The fourth-order valence-corrected chi connectivity index (χ4v) is 2.08. The molecule has 2 heterocycles. The zero-order valence-corrected chi connectivity index (χ0v) is 11.6. The first-order chi connectivity index (χ1) is 9.47. The summed E-state index contributed by atoms with van der Waals surface area (Å²) in [6.45, 7) is 0.168. The Hall–Kier alpha value is -2.38. The second-order valence-corrected chi connectivity index (χ2v) is 4.51. The fourth-order valence-electron chi connectivity index (χ4n) is 2.08. The zero-order valence-electron chi connectivity index (χ0n) is 11.6. The summed E-state index contributed by atoms with van der Waals surface area (Å²) in [6, 6.07) is 0. The molecule has 8 heteroatoms. The summed E-state index contributed by atoms with van der Waals surface area (Å²) in [5.41, 5.74) is -0.115.